The van der Waals surface area contributed by atoms with Gasteiger partial charge in [-0.2, -0.15) is 0 Å². The number of hydrogen-bond acceptors (Lipinski definition) is 5. The molecule has 2 aromatic heterocycles. The van der Waals surface area contributed by atoms with Crippen molar-refractivity contribution in [2.24, 2.45) is 0 Å². The van der Waals surface area contributed by atoms with Gasteiger partial charge in [-0.05, 0) is 32.2 Å². The molecule has 0 radical (unpaired) electrons. The van der Waals surface area contributed by atoms with Crippen LogP contribution in [0.5, 0.6) is 0 Å². The number of hydrogen-bond donors (Lipinski definition) is 1. The average molecular weight is 282 g/mol. The van der Waals surface area contributed by atoms with Crippen LogP contribution < -0.4 is 11.2 Å². The zero-order valence-corrected chi connectivity index (χ0v) is 11.7. The molecule has 0 unspecified atom stereocenters. The number of aromatic amines is 1. The lowest BCUT2D eigenvalue weighted by Crippen LogP contribution is -2.38. The van der Waals surface area contributed by atoms with E-state index in [1.165, 1.54) is 11.3 Å². The van der Waals surface area contributed by atoms with Crippen LogP contribution in [0.3, 0.4) is 0 Å². The molecule has 0 atom stereocenters. The van der Waals surface area contributed by atoms with E-state index in [-0.39, 0.29) is 0 Å². The number of nitrogens with one attached hydrogen (secondary N) is 1. The Labute approximate surface area is 112 Å². The Kier molecular flexibility index (Phi) is 3.32. The van der Waals surface area contributed by atoms with Gasteiger partial charge in [-0.3, -0.25) is 14.6 Å². The lowest BCUT2D eigenvalue weighted by molar-refractivity contribution is -0.155. The molecular weight excluding hydrogens is 268 g/mol. The third kappa shape index (κ3) is 2.93. The maximum Gasteiger partial charge on any atom is 0.329 e. The monoisotopic (exact) mass is 282 g/mol. The number of aromatic nitrogens is 2. The molecule has 0 amide bonds. The molecule has 0 saturated carbocycles. The minimum absolute atomic E-state index is 0.392. The van der Waals surface area contributed by atoms with E-state index >= 15 is 0 Å². The van der Waals surface area contributed by atoms with Gasteiger partial charge in [0.05, 0.1) is 5.39 Å². The van der Waals surface area contributed by atoms with Crippen molar-refractivity contribution < 1.29 is 9.53 Å². The van der Waals surface area contributed by atoms with Crippen LogP contribution in [0, 0.1) is 0 Å². The number of thiophene rings is 1. The van der Waals surface area contributed by atoms with Gasteiger partial charge in [-0.15, -0.1) is 11.3 Å². The number of H-pyrrole nitrogens is 1. The fraction of sp³-hybridized carbons (Fsp3) is 0.417. The Morgan fingerprint density at radius 3 is 2.74 bits per heavy atom. The smallest absolute Gasteiger partial charge is 0.329 e. The summed E-state index contributed by atoms with van der Waals surface area (Å²) in [5, 5.41) is 2.10. The fourth-order valence-electron chi connectivity index (χ4n) is 1.62. The molecule has 7 heteroatoms. The van der Waals surface area contributed by atoms with Gasteiger partial charge in [-0.1, -0.05) is 0 Å². The van der Waals surface area contributed by atoms with E-state index < -0.39 is 29.4 Å². The van der Waals surface area contributed by atoms with Gasteiger partial charge in [0.1, 0.15) is 17.0 Å². The van der Waals surface area contributed by atoms with Crippen molar-refractivity contribution in [3.05, 3.63) is 32.3 Å². The van der Waals surface area contributed by atoms with Crippen LogP contribution in [-0.2, 0) is 16.1 Å². The van der Waals surface area contributed by atoms with E-state index in [0.717, 1.165) is 4.57 Å². The second-order valence-corrected chi connectivity index (χ2v) is 5.99. The van der Waals surface area contributed by atoms with Gasteiger partial charge < -0.3 is 4.74 Å². The van der Waals surface area contributed by atoms with E-state index in [4.69, 9.17) is 4.74 Å². The van der Waals surface area contributed by atoms with Crippen LogP contribution in [0.1, 0.15) is 20.8 Å². The van der Waals surface area contributed by atoms with Crippen molar-refractivity contribution in [3.63, 3.8) is 0 Å². The first-order chi connectivity index (χ1) is 8.78. The number of fused-ring (bicyclic) bond motifs is 1. The molecular formula is C12H14N2O4S. The molecule has 1 N–H and O–H groups in total. The van der Waals surface area contributed by atoms with Crippen LogP contribution in [0.25, 0.3) is 10.2 Å². The highest BCUT2D eigenvalue weighted by Gasteiger charge is 2.18. The quantitative estimate of drug-likeness (QED) is 0.836. The van der Waals surface area contributed by atoms with Crippen LogP contribution in [-0.4, -0.2) is 21.1 Å². The summed E-state index contributed by atoms with van der Waals surface area (Å²) < 4.78 is 5.95. The Morgan fingerprint density at radius 2 is 2.11 bits per heavy atom. The number of esters is 1. The number of nitrogens with zero attached hydrogens (tertiary/aromatic N) is 1. The summed E-state index contributed by atoms with van der Waals surface area (Å²) in [7, 11) is 0. The molecule has 2 heterocycles. The van der Waals surface area contributed by atoms with E-state index in [1.54, 1.807) is 32.2 Å². The van der Waals surface area contributed by atoms with Crippen molar-refractivity contribution in [2.75, 3.05) is 0 Å². The van der Waals surface area contributed by atoms with Gasteiger partial charge in [-0.25, -0.2) is 9.36 Å². The highest BCUT2D eigenvalue weighted by Crippen LogP contribution is 2.12. The second kappa shape index (κ2) is 4.65. The third-order valence-corrected chi connectivity index (χ3v) is 3.14. The van der Waals surface area contributed by atoms with Gasteiger partial charge in [0, 0.05) is 0 Å². The molecule has 2 rings (SSSR count). The van der Waals surface area contributed by atoms with Gasteiger partial charge in [0.25, 0.3) is 5.56 Å². The number of carbonyl (C=O) groups is 1. The van der Waals surface area contributed by atoms with Gasteiger partial charge in [0.15, 0.2) is 0 Å². The minimum atomic E-state index is -0.653. The minimum Gasteiger partial charge on any atom is -0.459 e. The standard InChI is InChI=1S/C12H14N2O4S/c1-12(2,3)18-8(15)6-14-10(16)7-4-5-19-9(7)13-11(14)17/h4-5H,6H2,1-3H3,(H,13,17). The summed E-state index contributed by atoms with van der Waals surface area (Å²) in [6.07, 6.45) is 0. The number of ether oxygens (including phenoxy) is 1. The summed E-state index contributed by atoms with van der Waals surface area (Å²) in [6, 6.07) is 1.61. The molecule has 0 fully saturated rings. The number of rotatable bonds is 2. The summed E-state index contributed by atoms with van der Waals surface area (Å²) in [5.74, 6) is -0.616. The third-order valence-electron chi connectivity index (χ3n) is 2.31. The molecule has 0 spiro atoms. The predicted octanol–water partition coefficient (Wildman–Crippen LogP) is 1.09. The molecule has 0 aliphatic carbocycles. The molecule has 0 bridgehead atoms. The van der Waals surface area contributed by atoms with Gasteiger partial charge >= 0.3 is 11.7 Å². The Bertz CT molecular complexity index is 732. The topological polar surface area (TPSA) is 81.2 Å². The maximum atomic E-state index is 12.1. The summed E-state index contributed by atoms with van der Waals surface area (Å²) in [6.45, 7) is 4.77. The zero-order valence-electron chi connectivity index (χ0n) is 10.9. The molecule has 2 aromatic rings. The van der Waals surface area contributed by atoms with Crippen molar-refractivity contribution in [2.45, 2.75) is 32.9 Å². The van der Waals surface area contributed by atoms with Crippen molar-refractivity contribution in [3.8, 4) is 0 Å². The molecule has 0 aliphatic rings. The largest absolute Gasteiger partial charge is 0.459 e. The molecule has 6 nitrogen and oxygen atoms in total. The Hall–Kier alpha value is -1.89. The highest BCUT2D eigenvalue weighted by atomic mass is 32.1. The van der Waals surface area contributed by atoms with Crippen molar-refractivity contribution in [1.82, 2.24) is 9.55 Å². The Balaban J connectivity index is 2.38. The van der Waals surface area contributed by atoms with Crippen LogP contribution >= 0.6 is 11.3 Å². The summed E-state index contributed by atoms with van der Waals surface area (Å²) in [4.78, 5) is 38.6. The predicted molar refractivity (Wildman–Crippen MR) is 72.6 cm³/mol. The fourth-order valence-corrected chi connectivity index (χ4v) is 2.39. The zero-order chi connectivity index (χ0) is 14.2. The molecule has 0 aromatic carbocycles. The first kappa shape index (κ1) is 13.5. The molecule has 0 aliphatic heterocycles. The van der Waals surface area contributed by atoms with Crippen LogP contribution in [0.4, 0.5) is 0 Å². The summed E-state index contributed by atoms with van der Waals surface area (Å²) >= 11 is 1.27. The van der Waals surface area contributed by atoms with E-state index in [9.17, 15) is 14.4 Å². The van der Waals surface area contributed by atoms with Crippen LogP contribution in [0.2, 0.25) is 0 Å². The van der Waals surface area contributed by atoms with Crippen LogP contribution in [0.15, 0.2) is 21.0 Å². The molecule has 102 valence electrons. The van der Waals surface area contributed by atoms with Crippen molar-refractivity contribution in [1.29, 1.82) is 0 Å². The van der Waals surface area contributed by atoms with Gasteiger partial charge in [0.2, 0.25) is 0 Å². The van der Waals surface area contributed by atoms with E-state index in [2.05, 4.69) is 4.98 Å². The molecule has 0 saturated heterocycles. The first-order valence-electron chi connectivity index (χ1n) is 5.70. The SMILES string of the molecule is CC(C)(C)OC(=O)Cn1c(=O)[nH]c2sccc2c1=O. The Morgan fingerprint density at radius 1 is 1.42 bits per heavy atom. The maximum absolute atomic E-state index is 12.1. The summed E-state index contributed by atoms with van der Waals surface area (Å²) in [5.41, 5.74) is -1.74. The first-order valence-corrected chi connectivity index (χ1v) is 6.58. The second-order valence-electron chi connectivity index (χ2n) is 5.07. The molecule has 19 heavy (non-hydrogen) atoms. The lowest BCUT2D eigenvalue weighted by Gasteiger charge is -2.19. The van der Waals surface area contributed by atoms with E-state index in [0.29, 0.717) is 10.2 Å². The normalized spacial score (nSPS) is 11.7. The van der Waals surface area contributed by atoms with Crippen molar-refractivity contribution >= 4 is 27.5 Å². The van der Waals surface area contributed by atoms with E-state index in [1.807, 2.05) is 0 Å². The highest BCUT2D eigenvalue weighted by molar-refractivity contribution is 7.16. The lowest BCUT2D eigenvalue weighted by atomic mass is 10.2. The number of carbonyl (C=O) groups excluding carboxylic acids is 1. The average Bonchev–Trinajstić information content (AvgIpc) is 2.69.